The summed E-state index contributed by atoms with van der Waals surface area (Å²) in [4.78, 5) is 24.8. The summed E-state index contributed by atoms with van der Waals surface area (Å²) < 4.78 is 4.89. The summed E-state index contributed by atoms with van der Waals surface area (Å²) in [6.45, 7) is 2.01. The van der Waals surface area contributed by atoms with Gasteiger partial charge in [0.15, 0.2) is 11.6 Å². The van der Waals surface area contributed by atoms with Gasteiger partial charge in [0, 0.05) is 11.1 Å². The van der Waals surface area contributed by atoms with Gasteiger partial charge >= 0.3 is 6.09 Å². The van der Waals surface area contributed by atoms with E-state index in [2.05, 4.69) is 20.3 Å². The summed E-state index contributed by atoms with van der Waals surface area (Å²) in [7, 11) is 0. The molecule has 0 spiro atoms. The van der Waals surface area contributed by atoms with Gasteiger partial charge in [-0.25, -0.2) is 9.78 Å². The molecule has 0 aliphatic heterocycles. The number of aromatic nitrogens is 3. The highest BCUT2D eigenvalue weighted by Gasteiger charge is 2.12. The van der Waals surface area contributed by atoms with E-state index in [9.17, 15) is 4.79 Å². The minimum Gasteiger partial charge on any atom is -0.450 e. The van der Waals surface area contributed by atoms with Crippen molar-refractivity contribution in [2.75, 3.05) is 11.9 Å². The maximum Gasteiger partial charge on any atom is 0.414 e. The van der Waals surface area contributed by atoms with E-state index in [1.165, 1.54) is 0 Å². The molecule has 0 saturated carbocycles. The van der Waals surface area contributed by atoms with Gasteiger partial charge in [-0.1, -0.05) is 60.7 Å². The van der Waals surface area contributed by atoms with Crippen LogP contribution in [0.1, 0.15) is 6.92 Å². The molecule has 1 aromatic heterocycles. The number of nitrogens with zero attached hydrogens (tertiary/aromatic N) is 3. The Morgan fingerprint density at radius 2 is 1.38 bits per heavy atom. The van der Waals surface area contributed by atoms with Crippen molar-refractivity contribution in [2.45, 2.75) is 6.92 Å². The lowest BCUT2D eigenvalue weighted by molar-refractivity contribution is 0.167. The predicted molar refractivity (Wildman–Crippen MR) is 91.3 cm³/mol. The highest BCUT2D eigenvalue weighted by molar-refractivity contribution is 5.82. The molecule has 24 heavy (non-hydrogen) atoms. The number of nitrogens with one attached hydrogen (secondary N) is 1. The van der Waals surface area contributed by atoms with Crippen molar-refractivity contribution in [3.63, 3.8) is 0 Å². The van der Waals surface area contributed by atoms with Crippen LogP contribution in [0.2, 0.25) is 0 Å². The largest absolute Gasteiger partial charge is 0.450 e. The molecule has 120 valence electrons. The molecule has 3 aromatic rings. The van der Waals surface area contributed by atoms with Gasteiger partial charge in [0.1, 0.15) is 0 Å². The first-order chi connectivity index (χ1) is 11.8. The molecule has 0 bridgehead atoms. The summed E-state index contributed by atoms with van der Waals surface area (Å²) in [5.74, 6) is 1.12. The van der Waals surface area contributed by atoms with Crippen LogP contribution in [0.5, 0.6) is 0 Å². The number of carbonyl (C=O) groups is 1. The van der Waals surface area contributed by atoms with E-state index in [1.54, 1.807) is 6.92 Å². The zero-order valence-electron chi connectivity index (χ0n) is 13.1. The third-order valence-corrected chi connectivity index (χ3v) is 3.19. The summed E-state index contributed by atoms with van der Waals surface area (Å²) in [6, 6.07) is 19.0. The van der Waals surface area contributed by atoms with E-state index in [-0.39, 0.29) is 12.6 Å². The maximum absolute atomic E-state index is 11.7. The molecule has 6 heteroatoms. The fraction of sp³-hybridized carbons (Fsp3) is 0.111. The monoisotopic (exact) mass is 320 g/mol. The van der Waals surface area contributed by atoms with E-state index < -0.39 is 6.09 Å². The first-order valence-electron chi connectivity index (χ1n) is 7.57. The summed E-state index contributed by atoms with van der Waals surface area (Å²) in [5.41, 5.74) is 1.67. The van der Waals surface area contributed by atoms with Crippen LogP contribution in [-0.4, -0.2) is 27.7 Å². The Labute approximate surface area is 139 Å². The Kier molecular flexibility index (Phi) is 4.76. The van der Waals surface area contributed by atoms with Crippen molar-refractivity contribution in [1.82, 2.24) is 15.0 Å². The molecule has 1 heterocycles. The lowest BCUT2D eigenvalue weighted by atomic mass is 10.2. The molecule has 2 aromatic carbocycles. The molecule has 0 aliphatic carbocycles. The van der Waals surface area contributed by atoms with Crippen molar-refractivity contribution in [1.29, 1.82) is 0 Å². The maximum atomic E-state index is 11.7. The van der Waals surface area contributed by atoms with E-state index in [4.69, 9.17) is 4.74 Å². The fourth-order valence-electron chi connectivity index (χ4n) is 2.12. The second kappa shape index (κ2) is 7.32. The van der Waals surface area contributed by atoms with Crippen molar-refractivity contribution >= 4 is 12.0 Å². The van der Waals surface area contributed by atoms with Crippen LogP contribution >= 0.6 is 0 Å². The number of hydrogen-bond donors (Lipinski definition) is 1. The summed E-state index contributed by atoms with van der Waals surface area (Å²) >= 11 is 0. The van der Waals surface area contributed by atoms with Gasteiger partial charge in [0.25, 0.3) is 0 Å². The molecule has 0 unspecified atom stereocenters. The number of benzene rings is 2. The average molecular weight is 320 g/mol. The molecule has 3 rings (SSSR count). The Bertz CT molecular complexity index is 765. The lowest BCUT2D eigenvalue weighted by Gasteiger charge is -2.08. The molecule has 1 amide bonds. The van der Waals surface area contributed by atoms with Gasteiger partial charge < -0.3 is 4.74 Å². The molecule has 0 aliphatic rings. The first kappa shape index (κ1) is 15.6. The van der Waals surface area contributed by atoms with Gasteiger partial charge in [-0.05, 0) is 6.92 Å². The van der Waals surface area contributed by atoms with Crippen molar-refractivity contribution in [2.24, 2.45) is 0 Å². The smallest absolute Gasteiger partial charge is 0.414 e. The molecular weight excluding hydrogens is 304 g/mol. The third kappa shape index (κ3) is 3.73. The van der Waals surface area contributed by atoms with Crippen LogP contribution in [0.25, 0.3) is 22.8 Å². The normalized spacial score (nSPS) is 10.2. The van der Waals surface area contributed by atoms with Crippen molar-refractivity contribution in [3.05, 3.63) is 60.7 Å². The highest BCUT2D eigenvalue weighted by atomic mass is 16.5. The second-order valence-electron chi connectivity index (χ2n) is 4.88. The predicted octanol–water partition coefficient (Wildman–Crippen LogP) is 3.77. The SMILES string of the molecule is CCOC(=O)Nc1nc(-c2ccccc2)nc(-c2ccccc2)n1. The van der Waals surface area contributed by atoms with Crippen molar-refractivity contribution < 1.29 is 9.53 Å². The summed E-state index contributed by atoms with van der Waals surface area (Å²) in [6.07, 6.45) is -0.596. The topological polar surface area (TPSA) is 77.0 Å². The number of anilines is 1. The third-order valence-electron chi connectivity index (χ3n) is 3.19. The van der Waals surface area contributed by atoms with Crippen LogP contribution in [0.4, 0.5) is 10.7 Å². The minimum absolute atomic E-state index is 0.154. The lowest BCUT2D eigenvalue weighted by Crippen LogP contribution is -2.16. The number of hydrogen-bond acceptors (Lipinski definition) is 5. The summed E-state index contributed by atoms with van der Waals surface area (Å²) in [5, 5.41) is 2.54. The molecule has 0 saturated heterocycles. The van der Waals surface area contributed by atoms with Crippen LogP contribution in [0.3, 0.4) is 0 Å². The zero-order valence-corrected chi connectivity index (χ0v) is 13.1. The number of rotatable bonds is 4. The standard InChI is InChI=1S/C18H16N4O2/c1-2-24-18(23)22-17-20-15(13-9-5-3-6-10-13)19-16(21-17)14-11-7-4-8-12-14/h3-12H,2H2,1H3,(H,19,20,21,22,23). The second-order valence-corrected chi connectivity index (χ2v) is 4.88. The highest BCUT2D eigenvalue weighted by Crippen LogP contribution is 2.21. The molecule has 0 radical (unpaired) electrons. The zero-order chi connectivity index (χ0) is 16.8. The van der Waals surface area contributed by atoms with Crippen molar-refractivity contribution in [3.8, 4) is 22.8 Å². The van der Waals surface area contributed by atoms with Crippen LogP contribution < -0.4 is 5.32 Å². The molecular formula is C18H16N4O2. The number of amides is 1. The first-order valence-corrected chi connectivity index (χ1v) is 7.57. The quantitative estimate of drug-likeness (QED) is 0.791. The molecule has 0 fully saturated rings. The van der Waals surface area contributed by atoms with Crippen LogP contribution in [0.15, 0.2) is 60.7 Å². The van der Waals surface area contributed by atoms with Gasteiger partial charge in [-0.3, -0.25) is 5.32 Å². The Hall–Kier alpha value is -3.28. The Morgan fingerprint density at radius 1 is 0.875 bits per heavy atom. The number of ether oxygens (including phenoxy) is 1. The number of carbonyl (C=O) groups excluding carboxylic acids is 1. The average Bonchev–Trinajstić information content (AvgIpc) is 2.63. The van der Waals surface area contributed by atoms with Crippen LogP contribution in [-0.2, 0) is 4.74 Å². The van der Waals surface area contributed by atoms with E-state index in [0.29, 0.717) is 11.6 Å². The molecule has 6 nitrogen and oxygen atoms in total. The molecule has 1 N–H and O–H groups in total. The van der Waals surface area contributed by atoms with Gasteiger partial charge in [-0.15, -0.1) is 0 Å². The fourth-order valence-corrected chi connectivity index (χ4v) is 2.12. The van der Waals surface area contributed by atoms with Gasteiger partial charge in [-0.2, -0.15) is 9.97 Å². The van der Waals surface area contributed by atoms with Gasteiger partial charge in [0.05, 0.1) is 6.61 Å². The molecule has 0 atom stereocenters. The van der Waals surface area contributed by atoms with Gasteiger partial charge in [0.2, 0.25) is 5.95 Å². The van der Waals surface area contributed by atoms with E-state index in [0.717, 1.165) is 11.1 Å². The Balaban J connectivity index is 2.04. The minimum atomic E-state index is -0.596. The van der Waals surface area contributed by atoms with E-state index in [1.807, 2.05) is 60.7 Å². The Morgan fingerprint density at radius 3 is 1.83 bits per heavy atom. The van der Waals surface area contributed by atoms with E-state index >= 15 is 0 Å². The van der Waals surface area contributed by atoms with Crippen LogP contribution in [0, 0.1) is 0 Å².